The van der Waals surface area contributed by atoms with E-state index in [-0.39, 0.29) is 6.03 Å². The molecule has 0 bridgehead atoms. The number of amides is 2. The van der Waals surface area contributed by atoms with Crippen LogP contribution < -0.4 is 5.32 Å². The van der Waals surface area contributed by atoms with Crippen molar-refractivity contribution < 1.29 is 9.32 Å². The van der Waals surface area contributed by atoms with Crippen LogP contribution in [0.1, 0.15) is 38.9 Å². The standard InChI is InChI=1S/C18H34N6O2/c1-6-15(24-9-7-22(4)8-10-24)12-19-18(25)23(5)13-16-20-17(26-21-16)11-14(2)3/h14-15H,6-13H2,1-5H3,(H,19,25)/t15-/m1/s1. The fourth-order valence-corrected chi connectivity index (χ4v) is 3.13. The average Bonchev–Trinajstić information content (AvgIpc) is 3.02. The second-order valence-corrected chi connectivity index (χ2v) is 7.65. The minimum atomic E-state index is -0.104. The molecule has 1 aromatic heterocycles. The Morgan fingerprint density at radius 2 is 2.00 bits per heavy atom. The van der Waals surface area contributed by atoms with Crippen LogP contribution in [0.3, 0.4) is 0 Å². The molecule has 2 heterocycles. The molecule has 1 N–H and O–H groups in total. The molecule has 0 saturated carbocycles. The van der Waals surface area contributed by atoms with E-state index in [1.54, 1.807) is 11.9 Å². The maximum Gasteiger partial charge on any atom is 0.317 e. The molecule has 1 atom stereocenters. The summed E-state index contributed by atoms with van der Waals surface area (Å²) < 4.78 is 5.23. The van der Waals surface area contributed by atoms with Gasteiger partial charge in [0.25, 0.3) is 0 Å². The van der Waals surface area contributed by atoms with Crippen molar-refractivity contribution >= 4 is 6.03 Å². The maximum absolute atomic E-state index is 12.4. The van der Waals surface area contributed by atoms with Crippen LogP contribution in [0.25, 0.3) is 0 Å². The van der Waals surface area contributed by atoms with Crippen LogP contribution in [0.2, 0.25) is 0 Å². The fourth-order valence-electron chi connectivity index (χ4n) is 3.13. The van der Waals surface area contributed by atoms with E-state index >= 15 is 0 Å². The van der Waals surface area contributed by atoms with Crippen LogP contribution in [-0.4, -0.2) is 83.7 Å². The molecule has 2 amide bonds. The van der Waals surface area contributed by atoms with E-state index < -0.39 is 0 Å². The van der Waals surface area contributed by atoms with Crippen molar-refractivity contribution in [2.24, 2.45) is 5.92 Å². The third kappa shape index (κ3) is 6.25. The van der Waals surface area contributed by atoms with E-state index in [4.69, 9.17) is 4.52 Å². The number of carbonyl (C=O) groups is 1. The number of carbonyl (C=O) groups excluding carboxylic acids is 1. The summed E-state index contributed by atoms with van der Waals surface area (Å²) in [5.74, 6) is 1.64. The lowest BCUT2D eigenvalue weighted by atomic mass is 10.1. The van der Waals surface area contributed by atoms with Gasteiger partial charge in [-0.05, 0) is 19.4 Å². The van der Waals surface area contributed by atoms with Crippen molar-refractivity contribution in [1.82, 2.24) is 30.2 Å². The van der Waals surface area contributed by atoms with Gasteiger partial charge in [0.2, 0.25) is 5.89 Å². The molecule has 148 valence electrons. The molecular formula is C18H34N6O2. The highest BCUT2D eigenvalue weighted by molar-refractivity contribution is 5.73. The molecule has 1 aliphatic rings. The summed E-state index contributed by atoms with van der Waals surface area (Å²) in [7, 11) is 3.91. The van der Waals surface area contributed by atoms with Gasteiger partial charge in [0.15, 0.2) is 5.82 Å². The number of urea groups is 1. The Morgan fingerprint density at radius 3 is 2.62 bits per heavy atom. The molecule has 0 unspecified atom stereocenters. The van der Waals surface area contributed by atoms with E-state index in [9.17, 15) is 4.79 Å². The summed E-state index contributed by atoms with van der Waals surface area (Å²) in [5, 5.41) is 7.01. The average molecular weight is 367 g/mol. The zero-order chi connectivity index (χ0) is 19.1. The van der Waals surface area contributed by atoms with Gasteiger partial charge in [-0.3, -0.25) is 4.90 Å². The van der Waals surface area contributed by atoms with Crippen molar-refractivity contribution in [1.29, 1.82) is 0 Å². The second-order valence-electron chi connectivity index (χ2n) is 7.65. The highest BCUT2D eigenvalue weighted by Gasteiger charge is 2.22. The second kappa shape index (κ2) is 9.87. The molecule has 0 aliphatic carbocycles. The topological polar surface area (TPSA) is 77.7 Å². The SMILES string of the molecule is CC[C@H](CNC(=O)N(C)Cc1noc(CC(C)C)n1)N1CCN(C)CC1. The van der Waals surface area contributed by atoms with Crippen LogP contribution in [0.15, 0.2) is 4.52 Å². The van der Waals surface area contributed by atoms with Crippen LogP contribution >= 0.6 is 0 Å². The van der Waals surface area contributed by atoms with Crippen molar-refractivity contribution in [3.05, 3.63) is 11.7 Å². The molecule has 8 nitrogen and oxygen atoms in total. The van der Waals surface area contributed by atoms with Gasteiger partial charge in [-0.15, -0.1) is 0 Å². The Balaban J connectivity index is 1.77. The summed E-state index contributed by atoms with van der Waals surface area (Å²) in [6.45, 7) is 11.7. The van der Waals surface area contributed by atoms with Gasteiger partial charge in [0.1, 0.15) is 0 Å². The number of aromatic nitrogens is 2. The molecule has 8 heteroatoms. The summed E-state index contributed by atoms with van der Waals surface area (Å²) in [4.78, 5) is 23.2. The normalized spacial score (nSPS) is 17.5. The lowest BCUT2D eigenvalue weighted by Gasteiger charge is -2.37. The molecular weight excluding hydrogens is 332 g/mol. The first kappa shape index (κ1) is 20.6. The first-order chi connectivity index (χ1) is 12.4. The van der Waals surface area contributed by atoms with E-state index in [0.717, 1.165) is 39.0 Å². The molecule has 0 aromatic carbocycles. The van der Waals surface area contributed by atoms with Gasteiger partial charge >= 0.3 is 6.03 Å². The molecule has 1 saturated heterocycles. The summed E-state index contributed by atoms with van der Waals surface area (Å²) in [6, 6.07) is 0.275. The Kier molecular flexibility index (Phi) is 7.84. The Labute approximate surface area is 156 Å². The minimum Gasteiger partial charge on any atom is -0.339 e. The maximum atomic E-state index is 12.4. The fraction of sp³-hybridized carbons (Fsp3) is 0.833. The van der Waals surface area contributed by atoms with Gasteiger partial charge < -0.3 is 19.6 Å². The monoisotopic (exact) mass is 366 g/mol. The Morgan fingerprint density at radius 1 is 1.31 bits per heavy atom. The predicted molar refractivity (Wildman–Crippen MR) is 101 cm³/mol. The number of likely N-dealkylation sites (N-methyl/N-ethyl adjacent to an activating group) is 1. The lowest BCUT2D eigenvalue weighted by Crippen LogP contribution is -2.53. The number of nitrogens with zero attached hydrogens (tertiary/aromatic N) is 5. The van der Waals surface area contributed by atoms with Crippen LogP contribution in [0, 0.1) is 5.92 Å². The minimum absolute atomic E-state index is 0.104. The van der Waals surface area contributed by atoms with E-state index in [0.29, 0.717) is 36.8 Å². The summed E-state index contributed by atoms with van der Waals surface area (Å²) in [5.41, 5.74) is 0. The smallest absolute Gasteiger partial charge is 0.317 e. The van der Waals surface area contributed by atoms with Gasteiger partial charge in [-0.1, -0.05) is 25.9 Å². The van der Waals surface area contributed by atoms with Gasteiger partial charge in [0, 0.05) is 52.2 Å². The number of nitrogens with one attached hydrogen (secondary N) is 1. The van der Waals surface area contributed by atoms with Crippen LogP contribution in [0.4, 0.5) is 4.79 Å². The zero-order valence-electron chi connectivity index (χ0n) is 16.9. The van der Waals surface area contributed by atoms with E-state index in [1.807, 2.05) is 0 Å². The quantitative estimate of drug-likeness (QED) is 0.750. The van der Waals surface area contributed by atoms with E-state index in [1.165, 1.54) is 0 Å². The zero-order valence-corrected chi connectivity index (χ0v) is 16.9. The predicted octanol–water partition coefficient (Wildman–Crippen LogP) is 1.44. The molecule has 2 rings (SSSR count). The number of hydrogen-bond acceptors (Lipinski definition) is 6. The summed E-state index contributed by atoms with van der Waals surface area (Å²) >= 11 is 0. The lowest BCUT2D eigenvalue weighted by molar-refractivity contribution is 0.107. The van der Waals surface area contributed by atoms with Crippen molar-refractivity contribution in [2.75, 3.05) is 46.8 Å². The van der Waals surface area contributed by atoms with E-state index in [2.05, 4.69) is 53.1 Å². The molecule has 0 radical (unpaired) electrons. The molecule has 26 heavy (non-hydrogen) atoms. The van der Waals surface area contributed by atoms with Crippen molar-refractivity contribution in [3.8, 4) is 0 Å². The Hall–Kier alpha value is -1.67. The molecule has 0 spiro atoms. The first-order valence-electron chi connectivity index (χ1n) is 9.62. The third-order valence-electron chi connectivity index (χ3n) is 4.83. The first-order valence-corrected chi connectivity index (χ1v) is 9.62. The summed E-state index contributed by atoms with van der Waals surface area (Å²) in [6.07, 6.45) is 1.78. The van der Waals surface area contributed by atoms with Gasteiger partial charge in [-0.2, -0.15) is 4.98 Å². The number of hydrogen-bond donors (Lipinski definition) is 1. The highest BCUT2D eigenvalue weighted by Crippen LogP contribution is 2.09. The van der Waals surface area contributed by atoms with Crippen molar-refractivity contribution in [2.45, 2.75) is 46.2 Å². The Bertz CT molecular complexity index is 554. The highest BCUT2D eigenvalue weighted by atomic mass is 16.5. The van der Waals surface area contributed by atoms with Gasteiger partial charge in [0.05, 0.1) is 6.54 Å². The molecule has 1 aliphatic heterocycles. The largest absolute Gasteiger partial charge is 0.339 e. The van der Waals surface area contributed by atoms with Crippen LogP contribution in [-0.2, 0) is 13.0 Å². The van der Waals surface area contributed by atoms with Gasteiger partial charge in [-0.25, -0.2) is 4.79 Å². The molecule has 1 aromatic rings. The van der Waals surface area contributed by atoms with Crippen LogP contribution in [0.5, 0.6) is 0 Å². The molecule has 1 fully saturated rings. The third-order valence-corrected chi connectivity index (χ3v) is 4.83. The number of piperazine rings is 1. The number of rotatable bonds is 8. The van der Waals surface area contributed by atoms with Crippen molar-refractivity contribution in [3.63, 3.8) is 0 Å².